The normalized spacial score (nSPS) is 9.73. The van der Waals surface area contributed by atoms with Crippen LogP contribution in [0.3, 0.4) is 0 Å². The second-order valence-corrected chi connectivity index (χ2v) is 2.62. The minimum absolute atomic E-state index is 0.358. The van der Waals surface area contributed by atoms with Gasteiger partial charge >= 0.3 is 0 Å². The van der Waals surface area contributed by atoms with Crippen molar-refractivity contribution in [2.24, 2.45) is 0 Å². The summed E-state index contributed by atoms with van der Waals surface area (Å²) in [5.41, 5.74) is 0.807. The molecule has 0 bridgehead atoms. The van der Waals surface area contributed by atoms with E-state index in [9.17, 15) is 0 Å². The van der Waals surface area contributed by atoms with Gasteiger partial charge in [0, 0.05) is 18.0 Å². The van der Waals surface area contributed by atoms with Gasteiger partial charge in [-0.15, -0.1) is 11.6 Å². The summed E-state index contributed by atoms with van der Waals surface area (Å²) in [5.74, 6) is 0.966. The number of nitrogens with zero attached hydrogens (tertiary/aromatic N) is 1. The van der Waals surface area contributed by atoms with Crippen LogP contribution in [0.15, 0.2) is 12.4 Å². The number of halogens is 2. The summed E-state index contributed by atoms with van der Waals surface area (Å²) in [6.45, 7) is 0. The summed E-state index contributed by atoms with van der Waals surface area (Å²) in [6, 6.07) is 0. The molecule has 0 fully saturated rings. The third-order valence-electron chi connectivity index (χ3n) is 1.27. The van der Waals surface area contributed by atoms with Crippen LogP contribution in [0.4, 0.5) is 0 Å². The predicted molar refractivity (Wildman–Crippen MR) is 45.4 cm³/mol. The molecule has 0 amide bonds. The minimum atomic E-state index is 0.358. The van der Waals surface area contributed by atoms with Crippen LogP contribution in [0, 0.1) is 0 Å². The van der Waals surface area contributed by atoms with Crippen LogP contribution in [-0.4, -0.2) is 12.1 Å². The quantitative estimate of drug-likeness (QED) is 0.671. The van der Waals surface area contributed by atoms with Crippen LogP contribution in [-0.2, 0) is 5.88 Å². The monoisotopic (exact) mass is 191 g/mol. The highest BCUT2D eigenvalue weighted by Crippen LogP contribution is 2.27. The van der Waals surface area contributed by atoms with Gasteiger partial charge < -0.3 is 4.74 Å². The Kier molecular flexibility index (Phi) is 2.97. The summed E-state index contributed by atoms with van der Waals surface area (Å²) in [4.78, 5) is 3.87. The third-order valence-corrected chi connectivity index (χ3v) is 1.83. The van der Waals surface area contributed by atoms with Gasteiger partial charge in [0.05, 0.1) is 13.0 Å². The smallest absolute Gasteiger partial charge is 0.144 e. The van der Waals surface area contributed by atoms with Crippen LogP contribution >= 0.6 is 23.2 Å². The van der Waals surface area contributed by atoms with Crippen LogP contribution in [0.5, 0.6) is 5.75 Å². The molecule has 4 heteroatoms. The summed E-state index contributed by atoms with van der Waals surface area (Å²) >= 11 is 11.4. The zero-order valence-corrected chi connectivity index (χ0v) is 7.49. The first-order chi connectivity index (χ1) is 5.29. The van der Waals surface area contributed by atoms with Gasteiger partial charge in [-0.1, -0.05) is 11.6 Å². The second-order valence-electron chi connectivity index (χ2n) is 1.95. The van der Waals surface area contributed by atoms with Gasteiger partial charge in [0.2, 0.25) is 0 Å². The van der Waals surface area contributed by atoms with Crippen molar-refractivity contribution in [3.63, 3.8) is 0 Å². The highest BCUT2D eigenvalue weighted by Gasteiger charge is 2.05. The maximum Gasteiger partial charge on any atom is 0.144 e. The standard InChI is InChI=1S/C7H7Cl2NO/c1-11-7-5(2-8)3-10-4-6(7)9/h3-4H,2H2,1H3. The molecule has 0 saturated carbocycles. The Morgan fingerprint density at radius 1 is 1.55 bits per heavy atom. The molecule has 0 spiro atoms. The second kappa shape index (κ2) is 3.79. The lowest BCUT2D eigenvalue weighted by Crippen LogP contribution is -1.91. The van der Waals surface area contributed by atoms with Crippen molar-refractivity contribution in [2.75, 3.05) is 7.11 Å². The number of pyridine rings is 1. The minimum Gasteiger partial charge on any atom is -0.495 e. The average Bonchev–Trinajstić information content (AvgIpc) is 2.04. The molecule has 11 heavy (non-hydrogen) atoms. The Balaban J connectivity index is 3.13. The van der Waals surface area contributed by atoms with Gasteiger partial charge in [-0.2, -0.15) is 0 Å². The molecule has 1 rings (SSSR count). The summed E-state index contributed by atoms with van der Waals surface area (Å²) in [6.07, 6.45) is 3.16. The SMILES string of the molecule is COc1c(Cl)cncc1CCl. The van der Waals surface area contributed by atoms with Crippen molar-refractivity contribution in [1.82, 2.24) is 4.98 Å². The molecule has 0 saturated heterocycles. The predicted octanol–water partition coefficient (Wildman–Crippen LogP) is 2.48. The number of hydrogen-bond acceptors (Lipinski definition) is 2. The van der Waals surface area contributed by atoms with Crippen LogP contribution < -0.4 is 4.74 Å². The Morgan fingerprint density at radius 3 is 2.73 bits per heavy atom. The van der Waals surface area contributed by atoms with Gasteiger partial charge in [0.1, 0.15) is 10.8 Å². The molecule has 0 aliphatic carbocycles. The van der Waals surface area contributed by atoms with Gasteiger partial charge in [-0.25, -0.2) is 0 Å². The summed E-state index contributed by atoms with van der Waals surface area (Å²) < 4.78 is 5.01. The van der Waals surface area contributed by atoms with Crippen LogP contribution in [0.2, 0.25) is 5.02 Å². The molecule has 2 nitrogen and oxygen atoms in total. The molecule has 1 aromatic rings. The first-order valence-electron chi connectivity index (χ1n) is 3.02. The Hall–Kier alpha value is -0.470. The number of ether oxygens (including phenoxy) is 1. The average molecular weight is 192 g/mol. The van der Waals surface area contributed by atoms with E-state index >= 15 is 0 Å². The molecule has 1 aromatic heterocycles. The first-order valence-corrected chi connectivity index (χ1v) is 3.93. The fourth-order valence-electron chi connectivity index (χ4n) is 0.787. The van der Waals surface area contributed by atoms with Crippen molar-refractivity contribution in [1.29, 1.82) is 0 Å². The van der Waals surface area contributed by atoms with E-state index in [1.165, 1.54) is 6.20 Å². The van der Waals surface area contributed by atoms with Crippen molar-refractivity contribution < 1.29 is 4.74 Å². The highest BCUT2D eigenvalue weighted by molar-refractivity contribution is 6.32. The number of rotatable bonds is 2. The summed E-state index contributed by atoms with van der Waals surface area (Å²) in [7, 11) is 1.55. The van der Waals surface area contributed by atoms with Crippen molar-refractivity contribution in [3.8, 4) is 5.75 Å². The molecule has 60 valence electrons. The van der Waals surface area contributed by atoms with E-state index in [1.807, 2.05) is 0 Å². The lowest BCUT2D eigenvalue weighted by molar-refractivity contribution is 0.411. The van der Waals surface area contributed by atoms with E-state index < -0.39 is 0 Å². The fourth-order valence-corrected chi connectivity index (χ4v) is 1.23. The zero-order chi connectivity index (χ0) is 8.27. The van der Waals surface area contributed by atoms with E-state index in [1.54, 1.807) is 13.3 Å². The lowest BCUT2D eigenvalue weighted by atomic mass is 10.3. The topological polar surface area (TPSA) is 22.1 Å². The Bertz CT molecular complexity index is 252. The number of methoxy groups -OCH3 is 1. The molecular weight excluding hydrogens is 185 g/mol. The van der Waals surface area contributed by atoms with E-state index in [0.29, 0.717) is 16.7 Å². The zero-order valence-electron chi connectivity index (χ0n) is 5.97. The largest absolute Gasteiger partial charge is 0.495 e. The van der Waals surface area contributed by atoms with Crippen molar-refractivity contribution in [2.45, 2.75) is 5.88 Å². The van der Waals surface area contributed by atoms with Crippen molar-refractivity contribution in [3.05, 3.63) is 23.0 Å². The Morgan fingerprint density at radius 2 is 2.27 bits per heavy atom. The van der Waals surface area contributed by atoms with E-state index in [0.717, 1.165) is 5.56 Å². The maximum absolute atomic E-state index is 5.76. The molecule has 0 unspecified atom stereocenters. The fraction of sp³-hybridized carbons (Fsp3) is 0.286. The van der Waals surface area contributed by atoms with E-state index in [-0.39, 0.29) is 0 Å². The first kappa shape index (κ1) is 8.62. The number of hydrogen-bond donors (Lipinski definition) is 0. The number of alkyl halides is 1. The maximum atomic E-state index is 5.76. The molecule has 0 N–H and O–H groups in total. The molecule has 0 radical (unpaired) electrons. The third kappa shape index (κ3) is 1.76. The summed E-state index contributed by atoms with van der Waals surface area (Å²) in [5, 5.41) is 0.491. The van der Waals surface area contributed by atoms with Gasteiger partial charge in [0.25, 0.3) is 0 Å². The molecule has 0 aromatic carbocycles. The lowest BCUT2D eigenvalue weighted by Gasteiger charge is -2.05. The van der Waals surface area contributed by atoms with Gasteiger partial charge in [-0.05, 0) is 0 Å². The van der Waals surface area contributed by atoms with Crippen LogP contribution in [0.1, 0.15) is 5.56 Å². The van der Waals surface area contributed by atoms with E-state index in [2.05, 4.69) is 4.98 Å². The van der Waals surface area contributed by atoms with Crippen molar-refractivity contribution >= 4 is 23.2 Å². The molecule has 1 heterocycles. The molecular formula is C7H7Cl2NO. The van der Waals surface area contributed by atoms with Gasteiger partial charge in [0.15, 0.2) is 0 Å². The molecule has 0 aliphatic heterocycles. The molecule has 0 aliphatic rings. The Labute approximate surface area is 75.1 Å². The highest BCUT2D eigenvalue weighted by atomic mass is 35.5. The number of aromatic nitrogens is 1. The molecule has 0 atom stereocenters. The van der Waals surface area contributed by atoms with E-state index in [4.69, 9.17) is 27.9 Å². The van der Waals surface area contributed by atoms with Crippen LogP contribution in [0.25, 0.3) is 0 Å². The van der Waals surface area contributed by atoms with Gasteiger partial charge in [-0.3, -0.25) is 4.98 Å².